The Kier molecular flexibility index (Phi) is 3.55. The van der Waals surface area contributed by atoms with E-state index in [0.717, 1.165) is 15.8 Å². The number of rotatable bonds is 3. The van der Waals surface area contributed by atoms with Gasteiger partial charge in [0.25, 0.3) is 0 Å². The van der Waals surface area contributed by atoms with Gasteiger partial charge in [-0.15, -0.1) is 0 Å². The molecule has 0 fully saturated rings. The number of halogens is 1. The molecule has 0 radical (unpaired) electrons. The number of hydrogen-bond acceptors (Lipinski definition) is 1. The van der Waals surface area contributed by atoms with Gasteiger partial charge in [-0.3, -0.25) is 0 Å². The summed E-state index contributed by atoms with van der Waals surface area (Å²) in [5, 5.41) is 0. The van der Waals surface area contributed by atoms with Gasteiger partial charge in [-0.2, -0.15) is 0 Å². The first-order valence-electron chi connectivity index (χ1n) is 4.13. The van der Waals surface area contributed by atoms with Crippen LogP contribution < -0.4 is 4.74 Å². The summed E-state index contributed by atoms with van der Waals surface area (Å²) in [6, 6.07) is 6.13. The highest BCUT2D eigenvalue weighted by atomic mass is 79.9. The van der Waals surface area contributed by atoms with E-state index in [-0.39, 0.29) is 0 Å². The molecule has 0 saturated heterocycles. The zero-order valence-corrected chi connectivity index (χ0v) is 9.52. The van der Waals surface area contributed by atoms with Crippen LogP contribution in [0.4, 0.5) is 0 Å². The van der Waals surface area contributed by atoms with Crippen LogP contribution >= 0.6 is 15.9 Å². The summed E-state index contributed by atoms with van der Waals surface area (Å²) in [7, 11) is 0. The largest absolute Gasteiger partial charge is 0.488 e. The van der Waals surface area contributed by atoms with E-state index in [2.05, 4.69) is 35.5 Å². The Hall–Kier alpha value is -0.760. The standard InChI is InChI=1S/C11H13BrO/c1-8-4-5-11(9(2)6-8)13-7-10(3)12/h4-6H,3,7H2,1-2H3. The van der Waals surface area contributed by atoms with Crippen molar-refractivity contribution in [1.29, 1.82) is 0 Å². The van der Waals surface area contributed by atoms with Crippen LogP contribution in [0.3, 0.4) is 0 Å². The Bertz CT molecular complexity index is 318. The molecule has 13 heavy (non-hydrogen) atoms. The molecule has 0 atom stereocenters. The van der Waals surface area contributed by atoms with Gasteiger partial charge < -0.3 is 4.74 Å². The van der Waals surface area contributed by atoms with E-state index in [0.29, 0.717) is 6.61 Å². The zero-order chi connectivity index (χ0) is 9.84. The highest BCUT2D eigenvalue weighted by molar-refractivity contribution is 9.11. The maximum absolute atomic E-state index is 5.51. The fraction of sp³-hybridized carbons (Fsp3) is 0.273. The summed E-state index contributed by atoms with van der Waals surface area (Å²) < 4.78 is 6.36. The molecule has 1 aromatic rings. The fourth-order valence-electron chi connectivity index (χ4n) is 1.12. The lowest BCUT2D eigenvalue weighted by Crippen LogP contribution is -1.97. The number of ether oxygens (including phenoxy) is 1. The van der Waals surface area contributed by atoms with Crippen molar-refractivity contribution in [2.24, 2.45) is 0 Å². The van der Waals surface area contributed by atoms with E-state index in [1.165, 1.54) is 5.56 Å². The first kappa shape index (κ1) is 10.3. The van der Waals surface area contributed by atoms with Crippen molar-refractivity contribution in [3.05, 3.63) is 40.4 Å². The summed E-state index contributed by atoms with van der Waals surface area (Å²) in [5.74, 6) is 0.922. The minimum atomic E-state index is 0.518. The average Bonchev–Trinajstić information content (AvgIpc) is 2.02. The highest BCUT2D eigenvalue weighted by Gasteiger charge is 1.98. The van der Waals surface area contributed by atoms with Crippen molar-refractivity contribution in [3.63, 3.8) is 0 Å². The van der Waals surface area contributed by atoms with Crippen molar-refractivity contribution < 1.29 is 4.74 Å². The molecule has 0 N–H and O–H groups in total. The van der Waals surface area contributed by atoms with E-state index in [9.17, 15) is 0 Å². The Morgan fingerprint density at radius 2 is 2.15 bits per heavy atom. The smallest absolute Gasteiger partial charge is 0.122 e. The lowest BCUT2D eigenvalue weighted by molar-refractivity contribution is 0.358. The minimum absolute atomic E-state index is 0.518. The third kappa shape index (κ3) is 3.23. The van der Waals surface area contributed by atoms with E-state index in [1.54, 1.807) is 0 Å². The average molecular weight is 241 g/mol. The van der Waals surface area contributed by atoms with Crippen LogP contribution in [0.2, 0.25) is 0 Å². The minimum Gasteiger partial charge on any atom is -0.488 e. The Morgan fingerprint density at radius 3 is 2.69 bits per heavy atom. The summed E-state index contributed by atoms with van der Waals surface area (Å²) in [6.07, 6.45) is 0. The number of benzene rings is 1. The molecule has 2 heteroatoms. The normalized spacial score (nSPS) is 9.77. The molecule has 1 nitrogen and oxygen atoms in total. The van der Waals surface area contributed by atoms with Crippen molar-refractivity contribution in [2.75, 3.05) is 6.61 Å². The van der Waals surface area contributed by atoms with Crippen LogP contribution in [-0.2, 0) is 0 Å². The van der Waals surface area contributed by atoms with Crippen LogP contribution in [0.5, 0.6) is 5.75 Å². The predicted octanol–water partition coefficient (Wildman–Crippen LogP) is 3.59. The monoisotopic (exact) mass is 240 g/mol. The molecule has 0 bridgehead atoms. The van der Waals surface area contributed by atoms with Crippen LogP contribution in [0.15, 0.2) is 29.3 Å². The molecule has 0 amide bonds. The van der Waals surface area contributed by atoms with Crippen LogP contribution in [-0.4, -0.2) is 6.61 Å². The lowest BCUT2D eigenvalue weighted by atomic mass is 10.1. The summed E-state index contributed by atoms with van der Waals surface area (Å²) in [6.45, 7) is 8.34. The molecule has 0 heterocycles. The summed E-state index contributed by atoms with van der Waals surface area (Å²) in [5.41, 5.74) is 2.41. The third-order valence-electron chi connectivity index (χ3n) is 1.71. The second-order valence-corrected chi connectivity index (χ2v) is 4.20. The Morgan fingerprint density at radius 1 is 1.46 bits per heavy atom. The molecule has 0 aliphatic carbocycles. The number of hydrogen-bond donors (Lipinski definition) is 0. The molecule has 0 aliphatic heterocycles. The number of aryl methyl sites for hydroxylation is 2. The van der Waals surface area contributed by atoms with Gasteiger partial charge in [-0.05, 0) is 25.5 Å². The second-order valence-electron chi connectivity index (χ2n) is 3.07. The van der Waals surface area contributed by atoms with Crippen LogP contribution in [0.25, 0.3) is 0 Å². The molecule has 70 valence electrons. The van der Waals surface area contributed by atoms with Gasteiger partial charge in [0.2, 0.25) is 0 Å². The maximum atomic E-state index is 5.51. The molecule has 1 aromatic carbocycles. The van der Waals surface area contributed by atoms with Crippen molar-refractivity contribution in [2.45, 2.75) is 13.8 Å². The van der Waals surface area contributed by atoms with Gasteiger partial charge in [0, 0.05) is 4.48 Å². The second kappa shape index (κ2) is 4.47. The van der Waals surface area contributed by atoms with Crippen molar-refractivity contribution >= 4 is 15.9 Å². The first-order chi connectivity index (χ1) is 6.09. The third-order valence-corrected chi connectivity index (χ3v) is 1.94. The molecule has 1 rings (SSSR count). The molecule has 0 unspecified atom stereocenters. The molecule has 0 saturated carbocycles. The zero-order valence-electron chi connectivity index (χ0n) is 7.93. The Labute approximate surface area is 87.5 Å². The van der Waals surface area contributed by atoms with E-state index < -0.39 is 0 Å². The van der Waals surface area contributed by atoms with Gasteiger partial charge in [-0.1, -0.05) is 40.2 Å². The maximum Gasteiger partial charge on any atom is 0.122 e. The predicted molar refractivity (Wildman–Crippen MR) is 59.5 cm³/mol. The van der Waals surface area contributed by atoms with Crippen molar-refractivity contribution in [1.82, 2.24) is 0 Å². The fourth-order valence-corrected chi connectivity index (χ4v) is 1.23. The van der Waals surface area contributed by atoms with E-state index in [1.807, 2.05) is 19.1 Å². The van der Waals surface area contributed by atoms with Gasteiger partial charge in [0.05, 0.1) is 0 Å². The quantitative estimate of drug-likeness (QED) is 0.785. The van der Waals surface area contributed by atoms with Crippen molar-refractivity contribution in [3.8, 4) is 5.75 Å². The Balaban J connectivity index is 2.72. The van der Waals surface area contributed by atoms with Gasteiger partial charge >= 0.3 is 0 Å². The summed E-state index contributed by atoms with van der Waals surface area (Å²) in [4.78, 5) is 0. The SMILES string of the molecule is C=C(Br)COc1ccc(C)cc1C. The van der Waals surface area contributed by atoms with Gasteiger partial charge in [0.15, 0.2) is 0 Å². The first-order valence-corrected chi connectivity index (χ1v) is 4.92. The lowest BCUT2D eigenvalue weighted by Gasteiger charge is -2.08. The molecule has 0 spiro atoms. The van der Waals surface area contributed by atoms with E-state index in [4.69, 9.17) is 4.74 Å². The molecular weight excluding hydrogens is 228 g/mol. The van der Waals surface area contributed by atoms with Gasteiger partial charge in [0.1, 0.15) is 12.4 Å². The van der Waals surface area contributed by atoms with E-state index >= 15 is 0 Å². The van der Waals surface area contributed by atoms with Crippen LogP contribution in [0, 0.1) is 13.8 Å². The topological polar surface area (TPSA) is 9.23 Å². The summed E-state index contributed by atoms with van der Waals surface area (Å²) >= 11 is 3.25. The molecule has 0 aliphatic rings. The highest BCUT2D eigenvalue weighted by Crippen LogP contribution is 2.19. The molecule has 0 aromatic heterocycles. The van der Waals surface area contributed by atoms with Gasteiger partial charge in [-0.25, -0.2) is 0 Å². The van der Waals surface area contributed by atoms with Crippen LogP contribution in [0.1, 0.15) is 11.1 Å². The molecular formula is C11H13BrO.